The zero-order valence-electron chi connectivity index (χ0n) is 11.5. The van der Waals surface area contributed by atoms with Gasteiger partial charge in [0.2, 0.25) is 0 Å². The minimum atomic E-state index is 0.590. The van der Waals surface area contributed by atoms with Crippen LogP contribution in [0.25, 0.3) is 0 Å². The molecule has 0 aromatic heterocycles. The maximum absolute atomic E-state index is 6.00. The van der Waals surface area contributed by atoms with E-state index in [0.717, 1.165) is 18.0 Å². The number of para-hydroxylation sites is 1. The van der Waals surface area contributed by atoms with Gasteiger partial charge in [0.25, 0.3) is 0 Å². The molecule has 1 aromatic rings. The Balaban J connectivity index is 1.55. The summed E-state index contributed by atoms with van der Waals surface area (Å²) in [6, 6.07) is 8.91. The number of benzene rings is 1. The fourth-order valence-corrected chi connectivity index (χ4v) is 3.65. The van der Waals surface area contributed by atoms with Gasteiger partial charge in [-0.1, -0.05) is 18.2 Å². The molecule has 98 valence electrons. The maximum atomic E-state index is 6.00. The average Bonchev–Trinajstić information content (AvgIpc) is 2.23. The lowest BCUT2D eigenvalue weighted by atomic mass is 9.49. The lowest BCUT2D eigenvalue weighted by Gasteiger charge is -2.67. The Morgan fingerprint density at radius 2 is 2.00 bits per heavy atom. The lowest BCUT2D eigenvalue weighted by molar-refractivity contribution is -0.147. The van der Waals surface area contributed by atoms with Crippen LogP contribution < -0.4 is 5.73 Å². The topological polar surface area (TPSA) is 29.3 Å². The van der Waals surface area contributed by atoms with Crippen LogP contribution in [0.5, 0.6) is 0 Å². The van der Waals surface area contributed by atoms with Crippen LogP contribution in [-0.4, -0.2) is 23.5 Å². The number of anilines is 1. The number of nitrogens with two attached hydrogens (primary N) is 1. The first-order valence-corrected chi connectivity index (χ1v) is 7.17. The number of nitrogens with zero attached hydrogens (tertiary/aromatic N) is 1. The van der Waals surface area contributed by atoms with Gasteiger partial charge in [0.15, 0.2) is 0 Å². The molecule has 3 fully saturated rings. The second-order valence-electron chi connectivity index (χ2n) is 6.40. The van der Waals surface area contributed by atoms with E-state index in [9.17, 15) is 0 Å². The van der Waals surface area contributed by atoms with Crippen molar-refractivity contribution in [3.8, 4) is 0 Å². The van der Waals surface area contributed by atoms with Crippen molar-refractivity contribution in [1.82, 2.24) is 4.90 Å². The summed E-state index contributed by atoms with van der Waals surface area (Å²) in [5.74, 6) is 1.06. The van der Waals surface area contributed by atoms with E-state index in [1.165, 1.54) is 31.2 Å². The Morgan fingerprint density at radius 3 is 2.56 bits per heavy atom. The van der Waals surface area contributed by atoms with Gasteiger partial charge in [0.05, 0.1) is 0 Å². The molecule has 2 N–H and O–H groups in total. The minimum Gasteiger partial charge on any atom is -0.399 e. The molecule has 1 atom stereocenters. The van der Waals surface area contributed by atoms with Crippen molar-refractivity contribution < 1.29 is 0 Å². The van der Waals surface area contributed by atoms with Gasteiger partial charge in [-0.3, -0.25) is 4.90 Å². The summed E-state index contributed by atoms with van der Waals surface area (Å²) in [5, 5.41) is 0. The number of hydrogen-bond donors (Lipinski definition) is 1. The van der Waals surface area contributed by atoms with Crippen molar-refractivity contribution in [2.75, 3.05) is 12.8 Å². The first kappa shape index (κ1) is 12.0. The quantitative estimate of drug-likeness (QED) is 0.807. The second kappa shape index (κ2) is 4.27. The fourth-order valence-electron chi connectivity index (χ4n) is 3.65. The molecule has 1 aromatic carbocycles. The van der Waals surface area contributed by atoms with Gasteiger partial charge in [-0.2, -0.15) is 0 Å². The number of aryl methyl sites for hydroxylation is 1. The normalized spacial score (nSPS) is 30.7. The molecule has 0 unspecified atom stereocenters. The van der Waals surface area contributed by atoms with Crippen molar-refractivity contribution in [3.05, 3.63) is 29.8 Å². The van der Waals surface area contributed by atoms with Gasteiger partial charge in [0, 0.05) is 17.3 Å². The molecular weight excluding hydrogens is 220 g/mol. The van der Waals surface area contributed by atoms with Gasteiger partial charge >= 0.3 is 0 Å². The zero-order chi connectivity index (χ0) is 12.8. The van der Waals surface area contributed by atoms with E-state index in [1.807, 2.05) is 12.1 Å². The van der Waals surface area contributed by atoms with E-state index in [4.69, 9.17) is 5.73 Å². The van der Waals surface area contributed by atoms with E-state index >= 15 is 0 Å². The van der Waals surface area contributed by atoms with Gasteiger partial charge in [-0.15, -0.1) is 0 Å². The van der Waals surface area contributed by atoms with Gasteiger partial charge < -0.3 is 5.73 Å². The van der Waals surface area contributed by atoms with Gasteiger partial charge in [0.1, 0.15) is 0 Å². The first-order valence-electron chi connectivity index (χ1n) is 7.17. The maximum Gasteiger partial charge on any atom is 0.0346 e. The molecule has 2 nitrogen and oxygen atoms in total. The smallest absolute Gasteiger partial charge is 0.0346 e. The molecule has 0 saturated heterocycles. The van der Waals surface area contributed by atoms with Gasteiger partial charge in [-0.05, 0) is 63.6 Å². The molecule has 3 aliphatic carbocycles. The lowest BCUT2D eigenvalue weighted by Crippen LogP contribution is -2.68. The predicted molar refractivity (Wildman–Crippen MR) is 76.5 cm³/mol. The Kier molecular flexibility index (Phi) is 2.86. The molecule has 2 bridgehead atoms. The van der Waals surface area contributed by atoms with Crippen LogP contribution in [-0.2, 0) is 6.42 Å². The van der Waals surface area contributed by atoms with Crippen molar-refractivity contribution in [2.24, 2.45) is 5.92 Å². The molecule has 18 heavy (non-hydrogen) atoms. The summed E-state index contributed by atoms with van der Waals surface area (Å²) in [7, 11) is 2.31. The molecule has 3 saturated carbocycles. The molecule has 4 rings (SSSR count). The highest BCUT2D eigenvalue weighted by atomic mass is 15.2. The molecule has 0 amide bonds. The molecular formula is C16H24N2. The Bertz CT molecular complexity index is 423. The fraction of sp³-hybridized carbons (Fsp3) is 0.625. The molecule has 0 radical (unpaired) electrons. The second-order valence-corrected chi connectivity index (χ2v) is 6.40. The summed E-state index contributed by atoms with van der Waals surface area (Å²) in [5.41, 5.74) is 8.83. The molecule has 0 spiro atoms. The van der Waals surface area contributed by atoms with Crippen LogP contribution in [0.1, 0.15) is 38.2 Å². The van der Waals surface area contributed by atoms with Crippen LogP contribution in [0.15, 0.2) is 24.3 Å². The number of hydrogen-bond acceptors (Lipinski definition) is 2. The van der Waals surface area contributed by atoms with Gasteiger partial charge in [-0.25, -0.2) is 0 Å². The summed E-state index contributed by atoms with van der Waals surface area (Å²) in [6.45, 7) is 2.36. The highest BCUT2D eigenvalue weighted by Gasteiger charge is 2.59. The highest BCUT2D eigenvalue weighted by Crippen LogP contribution is 2.60. The van der Waals surface area contributed by atoms with Crippen molar-refractivity contribution in [1.29, 1.82) is 0 Å². The standard InChI is InChI=1S/C16H24N2/c1-12(18(2)16-9-13(10-16)11-16)7-8-14-5-3-4-6-15(14)17/h3-6,12-13H,7-11,17H2,1-2H3/t12-,13?,16?/m1/s1. The monoisotopic (exact) mass is 244 g/mol. The third-order valence-corrected chi connectivity index (χ3v) is 5.30. The Morgan fingerprint density at radius 1 is 1.33 bits per heavy atom. The number of rotatable bonds is 5. The van der Waals surface area contributed by atoms with E-state index in [-0.39, 0.29) is 0 Å². The average molecular weight is 244 g/mol. The third-order valence-electron chi connectivity index (χ3n) is 5.30. The summed E-state index contributed by atoms with van der Waals surface area (Å²) in [6.07, 6.45) is 6.64. The zero-order valence-corrected chi connectivity index (χ0v) is 11.5. The summed E-state index contributed by atoms with van der Waals surface area (Å²) >= 11 is 0. The van der Waals surface area contributed by atoms with Crippen molar-refractivity contribution in [2.45, 2.75) is 50.6 Å². The van der Waals surface area contributed by atoms with E-state index in [0.29, 0.717) is 11.6 Å². The summed E-state index contributed by atoms with van der Waals surface area (Å²) in [4.78, 5) is 2.63. The predicted octanol–water partition coefficient (Wildman–Crippen LogP) is 3.07. The van der Waals surface area contributed by atoms with Crippen molar-refractivity contribution in [3.63, 3.8) is 0 Å². The molecule has 0 aliphatic heterocycles. The molecule has 3 aliphatic rings. The Hall–Kier alpha value is -1.02. The van der Waals surface area contributed by atoms with Crippen LogP contribution >= 0.6 is 0 Å². The van der Waals surface area contributed by atoms with E-state index in [1.54, 1.807) is 0 Å². The van der Waals surface area contributed by atoms with E-state index < -0.39 is 0 Å². The molecule has 0 heterocycles. The van der Waals surface area contributed by atoms with Crippen LogP contribution in [0.3, 0.4) is 0 Å². The highest BCUT2D eigenvalue weighted by molar-refractivity contribution is 5.46. The minimum absolute atomic E-state index is 0.590. The third kappa shape index (κ3) is 1.83. The van der Waals surface area contributed by atoms with Crippen molar-refractivity contribution >= 4 is 5.69 Å². The summed E-state index contributed by atoms with van der Waals surface area (Å²) < 4.78 is 0. The first-order chi connectivity index (χ1) is 8.61. The SMILES string of the molecule is C[C@H](CCc1ccccc1N)N(C)C12CC(C1)C2. The van der Waals surface area contributed by atoms with Crippen LogP contribution in [0, 0.1) is 5.92 Å². The largest absolute Gasteiger partial charge is 0.399 e. The van der Waals surface area contributed by atoms with E-state index in [2.05, 4.69) is 31.0 Å². The van der Waals surface area contributed by atoms with Crippen LogP contribution in [0.4, 0.5) is 5.69 Å². The van der Waals surface area contributed by atoms with Crippen LogP contribution in [0.2, 0.25) is 0 Å². The number of nitrogen functional groups attached to an aromatic ring is 1. The molecule has 2 heteroatoms. The Labute approximate surface area is 110 Å².